The van der Waals surface area contributed by atoms with Crippen molar-refractivity contribution in [3.05, 3.63) is 18.5 Å². The molecule has 2 unspecified atom stereocenters. The minimum Gasteiger partial charge on any atom is -0.381 e. The molecule has 2 rings (SSSR count). The summed E-state index contributed by atoms with van der Waals surface area (Å²) >= 11 is 0. The van der Waals surface area contributed by atoms with Crippen molar-refractivity contribution in [3.8, 4) is 0 Å². The highest BCUT2D eigenvalue weighted by Crippen LogP contribution is 2.18. The van der Waals surface area contributed by atoms with Crippen molar-refractivity contribution in [2.24, 2.45) is 5.73 Å². The van der Waals surface area contributed by atoms with Gasteiger partial charge in [-0.3, -0.25) is 9.58 Å². The molecule has 0 aliphatic carbocycles. The Hall–Kier alpha value is -0.330. The molecule has 1 aliphatic heterocycles. The van der Waals surface area contributed by atoms with E-state index in [1.165, 1.54) is 0 Å². The van der Waals surface area contributed by atoms with Crippen LogP contribution in [0.15, 0.2) is 18.5 Å². The number of nitrogens with zero attached hydrogens (tertiary/aromatic N) is 3. The highest BCUT2D eigenvalue weighted by molar-refractivity contribution is 5.85. The lowest BCUT2D eigenvalue weighted by atomic mass is 9.99. The van der Waals surface area contributed by atoms with Gasteiger partial charge >= 0.3 is 0 Å². The van der Waals surface area contributed by atoms with Crippen molar-refractivity contribution in [1.82, 2.24) is 14.7 Å². The molecule has 5 nitrogen and oxygen atoms in total. The van der Waals surface area contributed by atoms with Crippen LogP contribution in [-0.4, -0.2) is 53.6 Å². The predicted molar refractivity (Wildman–Crippen MR) is 81.2 cm³/mol. The minimum atomic E-state index is 0. The van der Waals surface area contributed by atoms with Gasteiger partial charge in [0.2, 0.25) is 0 Å². The van der Waals surface area contributed by atoms with Gasteiger partial charge in [-0.15, -0.1) is 24.8 Å². The molecule has 0 bridgehead atoms. The largest absolute Gasteiger partial charge is 0.381 e. The van der Waals surface area contributed by atoms with E-state index in [0.717, 1.165) is 32.5 Å². The third kappa shape index (κ3) is 5.28. The summed E-state index contributed by atoms with van der Waals surface area (Å²) in [5.74, 6) is 0. The number of halogens is 2. The number of nitrogens with two attached hydrogens (primary N) is 1. The fourth-order valence-corrected chi connectivity index (χ4v) is 2.48. The highest BCUT2D eigenvalue weighted by Gasteiger charge is 2.26. The fourth-order valence-electron chi connectivity index (χ4n) is 2.48. The van der Waals surface area contributed by atoms with Crippen LogP contribution in [0.2, 0.25) is 0 Å². The summed E-state index contributed by atoms with van der Waals surface area (Å²) in [4.78, 5) is 2.46. The molecule has 7 heteroatoms. The van der Waals surface area contributed by atoms with Crippen LogP contribution >= 0.6 is 24.8 Å². The summed E-state index contributed by atoms with van der Waals surface area (Å²) in [6.45, 7) is 3.72. The molecule has 2 N–H and O–H groups in total. The molecule has 0 saturated carbocycles. The van der Waals surface area contributed by atoms with Gasteiger partial charge in [0.15, 0.2) is 0 Å². The molecule has 19 heavy (non-hydrogen) atoms. The molecular weight excluding hydrogens is 287 g/mol. The van der Waals surface area contributed by atoms with Gasteiger partial charge in [-0.1, -0.05) is 0 Å². The van der Waals surface area contributed by atoms with Crippen LogP contribution in [0.4, 0.5) is 0 Å². The third-order valence-corrected chi connectivity index (χ3v) is 3.57. The van der Waals surface area contributed by atoms with Crippen molar-refractivity contribution in [2.45, 2.75) is 31.5 Å². The Morgan fingerprint density at radius 2 is 2.16 bits per heavy atom. The summed E-state index contributed by atoms with van der Waals surface area (Å²) in [6, 6.07) is 2.40. The van der Waals surface area contributed by atoms with Crippen LogP contribution in [-0.2, 0) is 11.3 Å². The second-order valence-electron chi connectivity index (χ2n) is 4.58. The molecule has 2 heterocycles. The van der Waals surface area contributed by atoms with E-state index in [-0.39, 0.29) is 24.8 Å². The van der Waals surface area contributed by atoms with Crippen molar-refractivity contribution in [2.75, 3.05) is 26.7 Å². The lowest BCUT2D eigenvalue weighted by Gasteiger charge is -2.38. The smallest absolute Gasteiger partial charge is 0.0599 e. The maximum atomic E-state index is 5.84. The Kier molecular flexibility index (Phi) is 9.39. The predicted octanol–water partition coefficient (Wildman–Crippen LogP) is 1.16. The number of likely N-dealkylation sites (tertiary alicyclic amines) is 1. The average molecular weight is 311 g/mol. The van der Waals surface area contributed by atoms with Crippen LogP contribution in [0.1, 0.15) is 12.8 Å². The number of piperidine rings is 1. The first-order valence-corrected chi connectivity index (χ1v) is 6.28. The van der Waals surface area contributed by atoms with Crippen LogP contribution in [0.3, 0.4) is 0 Å². The van der Waals surface area contributed by atoms with E-state index in [2.05, 4.69) is 10.00 Å². The van der Waals surface area contributed by atoms with Crippen molar-refractivity contribution >= 4 is 24.8 Å². The van der Waals surface area contributed by atoms with Gasteiger partial charge < -0.3 is 10.5 Å². The van der Waals surface area contributed by atoms with Crippen molar-refractivity contribution < 1.29 is 4.74 Å². The zero-order valence-electron chi connectivity index (χ0n) is 11.3. The standard InChI is InChI=1S/C12H22N4O.2ClH/c1-17-12-3-6-15(11(9-12)10-13)7-8-16-5-2-4-14-16;;/h2,4-5,11-12H,3,6-10,13H2,1H3;2*1H. The summed E-state index contributed by atoms with van der Waals surface area (Å²) in [7, 11) is 1.79. The zero-order valence-corrected chi connectivity index (χ0v) is 12.9. The Bertz CT molecular complexity index is 324. The Morgan fingerprint density at radius 3 is 2.74 bits per heavy atom. The third-order valence-electron chi connectivity index (χ3n) is 3.57. The minimum absolute atomic E-state index is 0. The molecule has 0 amide bonds. The topological polar surface area (TPSA) is 56.3 Å². The lowest BCUT2D eigenvalue weighted by molar-refractivity contribution is 0.0119. The van der Waals surface area contributed by atoms with Gasteiger partial charge in [-0.05, 0) is 18.9 Å². The van der Waals surface area contributed by atoms with E-state index < -0.39 is 0 Å². The quantitative estimate of drug-likeness (QED) is 0.887. The first kappa shape index (κ1) is 18.7. The molecule has 0 aromatic carbocycles. The van der Waals surface area contributed by atoms with Gasteiger partial charge in [0.25, 0.3) is 0 Å². The van der Waals surface area contributed by atoms with E-state index in [9.17, 15) is 0 Å². The molecule has 2 atom stereocenters. The van der Waals surface area contributed by atoms with Crippen molar-refractivity contribution in [1.29, 1.82) is 0 Å². The molecule has 112 valence electrons. The Labute approximate surface area is 127 Å². The molecule has 1 saturated heterocycles. The Morgan fingerprint density at radius 1 is 1.37 bits per heavy atom. The van der Waals surface area contributed by atoms with E-state index in [0.29, 0.717) is 18.7 Å². The van der Waals surface area contributed by atoms with Crippen LogP contribution in [0, 0.1) is 0 Å². The second kappa shape index (κ2) is 9.55. The van der Waals surface area contributed by atoms with E-state index in [1.54, 1.807) is 7.11 Å². The average Bonchev–Trinajstić information content (AvgIpc) is 2.89. The first-order chi connectivity index (χ1) is 8.33. The molecule has 0 radical (unpaired) electrons. The van der Waals surface area contributed by atoms with E-state index in [1.807, 2.05) is 23.1 Å². The molecule has 1 aromatic heterocycles. The van der Waals surface area contributed by atoms with Crippen LogP contribution in [0.5, 0.6) is 0 Å². The number of hydrogen-bond acceptors (Lipinski definition) is 4. The molecule has 1 fully saturated rings. The van der Waals surface area contributed by atoms with Gasteiger partial charge in [0.1, 0.15) is 0 Å². The summed E-state index contributed by atoms with van der Waals surface area (Å²) < 4.78 is 7.39. The summed E-state index contributed by atoms with van der Waals surface area (Å²) in [5, 5.41) is 4.22. The molecular formula is C12H24Cl2N4O. The monoisotopic (exact) mass is 310 g/mol. The second-order valence-corrected chi connectivity index (χ2v) is 4.58. The molecule has 1 aromatic rings. The first-order valence-electron chi connectivity index (χ1n) is 6.28. The lowest BCUT2D eigenvalue weighted by Crippen LogP contribution is -2.49. The van der Waals surface area contributed by atoms with E-state index >= 15 is 0 Å². The normalized spacial score (nSPS) is 23.5. The number of methoxy groups -OCH3 is 1. The number of hydrogen-bond donors (Lipinski definition) is 1. The Balaban J connectivity index is 0.00000162. The summed E-state index contributed by atoms with van der Waals surface area (Å²) in [6.07, 6.45) is 6.35. The molecule has 1 aliphatic rings. The van der Waals surface area contributed by atoms with Crippen LogP contribution < -0.4 is 5.73 Å². The molecule has 0 spiro atoms. The maximum Gasteiger partial charge on any atom is 0.0599 e. The van der Waals surface area contributed by atoms with Gasteiger partial charge in [-0.25, -0.2) is 0 Å². The van der Waals surface area contributed by atoms with Crippen molar-refractivity contribution in [3.63, 3.8) is 0 Å². The van der Waals surface area contributed by atoms with Gasteiger partial charge in [0.05, 0.1) is 12.6 Å². The zero-order chi connectivity index (χ0) is 12.1. The number of ether oxygens (including phenoxy) is 1. The van der Waals surface area contributed by atoms with Crippen LogP contribution in [0.25, 0.3) is 0 Å². The van der Waals surface area contributed by atoms with Gasteiger partial charge in [-0.2, -0.15) is 5.10 Å². The highest BCUT2D eigenvalue weighted by atomic mass is 35.5. The van der Waals surface area contributed by atoms with Gasteiger partial charge in [0, 0.05) is 45.2 Å². The maximum absolute atomic E-state index is 5.84. The summed E-state index contributed by atoms with van der Waals surface area (Å²) in [5.41, 5.74) is 5.84. The number of aromatic nitrogens is 2. The van der Waals surface area contributed by atoms with E-state index in [4.69, 9.17) is 10.5 Å². The number of rotatable bonds is 5. The fraction of sp³-hybridized carbons (Fsp3) is 0.750. The SMILES string of the molecule is COC1CCN(CCn2cccn2)C(CN)C1.Cl.Cl.